The van der Waals surface area contributed by atoms with Gasteiger partial charge in [-0.25, -0.2) is 0 Å². The highest BCUT2D eigenvalue weighted by molar-refractivity contribution is 7.99. The fourth-order valence-electron chi connectivity index (χ4n) is 2.85. The quantitative estimate of drug-likeness (QED) is 0.245. The van der Waals surface area contributed by atoms with Crippen molar-refractivity contribution in [3.63, 3.8) is 0 Å². The SMILES string of the molecule is C=CCn1c(CC(=O)Nc2ccc(C)c(Cl)c2)nnc1SCCOc1ccc(OC)cc1. The summed E-state index contributed by atoms with van der Waals surface area (Å²) in [5, 5.41) is 12.6. The van der Waals surface area contributed by atoms with Crippen molar-refractivity contribution in [2.75, 3.05) is 24.8 Å². The van der Waals surface area contributed by atoms with E-state index in [9.17, 15) is 4.79 Å². The molecule has 0 bridgehead atoms. The van der Waals surface area contributed by atoms with Crippen molar-refractivity contribution < 1.29 is 14.3 Å². The Bertz CT molecular complexity index is 1070. The Hall–Kier alpha value is -2.97. The molecule has 1 heterocycles. The third-order valence-electron chi connectivity index (χ3n) is 4.52. The Kier molecular flexibility index (Phi) is 8.58. The molecule has 2 aromatic carbocycles. The summed E-state index contributed by atoms with van der Waals surface area (Å²) in [6, 6.07) is 12.8. The van der Waals surface area contributed by atoms with Gasteiger partial charge in [0.2, 0.25) is 5.91 Å². The molecule has 0 fully saturated rings. The van der Waals surface area contributed by atoms with Gasteiger partial charge in [0.05, 0.1) is 20.1 Å². The largest absolute Gasteiger partial charge is 0.497 e. The number of carbonyl (C=O) groups excluding carboxylic acids is 1. The molecule has 9 heteroatoms. The van der Waals surface area contributed by atoms with Crippen molar-refractivity contribution in [2.45, 2.75) is 25.0 Å². The molecule has 1 N–H and O–H groups in total. The zero-order chi connectivity index (χ0) is 22.9. The number of rotatable bonds is 11. The van der Waals surface area contributed by atoms with Crippen LogP contribution in [0.3, 0.4) is 0 Å². The van der Waals surface area contributed by atoms with Crippen LogP contribution in [0.25, 0.3) is 0 Å². The number of amides is 1. The van der Waals surface area contributed by atoms with Crippen molar-refractivity contribution in [2.24, 2.45) is 0 Å². The van der Waals surface area contributed by atoms with Crippen LogP contribution in [-0.4, -0.2) is 40.1 Å². The molecule has 0 aliphatic carbocycles. The van der Waals surface area contributed by atoms with Crippen LogP contribution in [0.2, 0.25) is 5.02 Å². The first-order valence-electron chi connectivity index (χ1n) is 9.98. The number of hydrogen-bond acceptors (Lipinski definition) is 6. The first kappa shape index (κ1) is 23.7. The molecular formula is C23H25ClN4O3S. The number of aromatic nitrogens is 3. The minimum Gasteiger partial charge on any atom is -0.497 e. The molecule has 0 saturated heterocycles. The third kappa shape index (κ3) is 6.51. The Balaban J connectivity index is 1.55. The number of benzene rings is 2. The molecule has 1 aromatic heterocycles. The number of hydrogen-bond donors (Lipinski definition) is 1. The number of thioether (sulfide) groups is 1. The summed E-state index contributed by atoms with van der Waals surface area (Å²) in [7, 11) is 1.63. The predicted molar refractivity (Wildman–Crippen MR) is 128 cm³/mol. The second-order valence-electron chi connectivity index (χ2n) is 6.86. The normalized spacial score (nSPS) is 10.6. The molecule has 0 aliphatic heterocycles. The van der Waals surface area contributed by atoms with Crippen molar-refractivity contribution in [3.05, 3.63) is 71.5 Å². The summed E-state index contributed by atoms with van der Waals surface area (Å²) >= 11 is 7.65. The molecule has 0 spiro atoms. The van der Waals surface area contributed by atoms with Crippen molar-refractivity contribution >= 4 is 35.0 Å². The Morgan fingerprint density at radius 1 is 1.22 bits per heavy atom. The van der Waals surface area contributed by atoms with Gasteiger partial charge in [0, 0.05) is 23.0 Å². The minimum atomic E-state index is -0.193. The summed E-state index contributed by atoms with van der Waals surface area (Å²) in [6.07, 6.45) is 1.84. The molecule has 1 amide bonds. The van der Waals surface area contributed by atoms with E-state index in [4.69, 9.17) is 21.1 Å². The Morgan fingerprint density at radius 2 is 1.97 bits per heavy atom. The zero-order valence-corrected chi connectivity index (χ0v) is 19.6. The molecule has 0 aliphatic rings. The molecule has 0 unspecified atom stereocenters. The second-order valence-corrected chi connectivity index (χ2v) is 8.33. The van der Waals surface area contributed by atoms with Crippen LogP contribution in [0.4, 0.5) is 5.69 Å². The minimum absolute atomic E-state index is 0.0925. The molecule has 168 valence electrons. The zero-order valence-electron chi connectivity index (χ0n) is 18.0. The lowest BCUT2D eigenvalue weighted by atomic mass is 10.2. The number of halogens is 1. The lowest BCUT2D eigenvalue weighted by Crippen LogP contribution is -2.18. The average molecular weight is 473 g/mol. The predicted octanol–water partition coefficient (Wildman–Crippen LogP) is 4.79. The Morgan fingerprint density at radius 3 is 2.66 bits per heavy atom. The maximum Gasteiger partial charge on any atom is 0.232 e. The van der Waals surface area contributed by atoms with Crippen LogP contribution in [0, 0.1) is 6.92 Å². The van der Waals surface area contributed by atoms with E-state index in [1.807, 2.05) is 47.9 Å². The highest BCUT2D eigenvalue weighted by atomic mass is 35.5. The van der Waals surface area contributed by atoms with Gasteiger partial charge < -0.3 is 19.4 Å². The monoisotopic (exact) mass is 472 g/mol. The van der Waals surface area contributed by atoms with Gasteiger partial charge in [-0.05, 0) is 48.9 Å². The van der Waals surface area contributed by atoms with Gasteiger partial charge in [-0.2, -0.15) is 0 Å². The lowest BCUT2D eigenvalue weighted by molar-refractivity contribution is -0.115. The number of methoxy groups -OCH3 is 1. The van der Waals surface area contributed by atoms with Crippen molar-refractivity contribution in [1.82, 2.24) is 14.8 Å². The van der Waals surface area contributed by atoms with Crippen LogP contribution in [0.15, 0.2) is 60.3 Å². The first-order chi connectivity index (χ1) is 15.5. The highest BCUT2D eigenvalue weighted by Gasteiger charge is 2.15. The summed E-state index contributed by atoms with van der Waals surface area (Å²) in [5.41, 5.74) is 1.60. The van der Waals surface area contributed by atoms with E-state index in [1.165, 1.54) is 11.8 Å². The van der Waals surface area contributed by atoms with Crippen LogP contribution >= 0.6 is 23.4 Å². The van der Waals surface area contributed by atoms with Gasteiger partial charge in [-0.15, -0.1) is 16.8 Å². The number of anilines is 1. The van der Waals surface area contributed by atoms with Crippen LogP contribution in [0.1, 0.15) is 11.4 Å². The average Bonchev–Trinajstić information content (AvgIpc) is 3.15. The molecule has 3 rings (SSSR count). The van der Waals surface area contributed by atoms with Crippen molar-refractivity contribution in [3.8, 4) is 11.5 Å². The maximum absolute atomic E-state index is 12.5. The molecule has 3 aromatic rings. The van der Waals surface area contributed by atoms with Gasteiger partial charge in [0.1, 0.15) is 17.3 Å². The summed E-state index contributed by atoms with van der Waals surface area (Å²) in [4.78, 5) is 12.5. The van der Waals surface area contributed by atoms with Crippen LogP contribution in [-0.2, 0) is 17.8 Å². The standard InChI is InChI=1S/C23H25ClN4O3S/c1-4-11-28-21(15-22(29)25-17-6-5-16(2)20(24)14-17)26-27-23(28)32-13-12-31-19-9-7-18(30-3)8-10-19/h4-10,14H,1,11-13,15H2,2-3H3,(H,25,29). The van der Waals surface area contributed by atoms with Crippen LogP contribution in [0.5, 0.6) is 11.5 Å². The number of nitrogens with zero attached hydrogens (tertiary/aromatic N) is 3. The number of ether oxygens (including phenoxy) is 2. The van der Waals surface area contributed by atoms with Gasteiger partial charge >= 0.3 is 0 Å². The summed E-state index contributed by atoms with van der Waals surface area (Å²) < 4.78 is 12.8. The fraction of sp³-hybridized carbons (Fsp3) is 0.261. The number of allylic oxidation sites excluding steroid dienone is 1. The van der Waals surface area contributed by atoms with Gasteiger partial charge in [0.15, 0.2) is 5.16 Å². The number of carbonyl (C=O) groups is 1. The van der Waals surface area contributed by atoms with Gasteiger partial charge in [0.25, 0.3) is 0 Å². The van der Waals surface area contributed by atoms with E-state index in [0.717, 1.165) is 17.1 Å². The molecule has 32 heavy (non-hydrogen) atoms. The molecule has 7 nitrogen and oxygen atoms in total. The molecule has 0 atom stereocenters. The topological polar surface area (TPSA) is 78.3 Å². The van der Waals surface area contributed by atoms with E-state index in [-0.39, 0.29) is 12.3 Å². The van der Waals surface area contributed by atoms with Gasteiger partial charge in [-0.1, -0.05) is 35.5 Å². The van der Waals surface area contributed by atoms with Crippen molar-refractivity contribution in [1.29, 1.82) is 0 Å². The first-order valence-corrected chi connectivity index (χ1v) is 11.3. The molecule has 0 radical (unpaired) electrons. The number of aryl methyl sites for hydroxylation is 1. The Labute approximate surface area is 196 Å². The summed E-state index contributed by atoms with van der Waals surface area (Å²) in [6.45, 7) is 6.72. The van der Waals surface area contributed by atoms with E-state index in [0.29, 0.717) is 40.6 Å². The smallest absolute Gasteiger partial charge is 0.232 e. The second kappa shape index (κ2) is 11.6. The molecular weight excluding hydrogens is 448 g/mol. The third-order valence-corrected chi connectivity index (χ3v) is 5.86. The van der Waals surface area contributed by atoms with Gasteiger partial charge in [-0.3, -0.25) is 4.79 Å². The number of nitrogens with one attached hydrogen (secondary N) is 1. The van der Waals surface area contributed by atoms with E-state index in [1.54, 1.807) is 19.3 Å². The van der Waals surface area contributed by atoms with E-state index >= 15 is 0 Å². The highest BCUT2D eigenvalue weighted by Crippen LogP contribution is 2.22. The summed E-state index contributed by atoms with van der Waals surface area (Å²) in [5.74, 6) is 2.61. The lowest BCUT2D eigenvalue weighted by Gasteiger charge is -2.10. The fourth-order valence-corrected chi connectivity index (χ4v) is 3.82. The van der Waals surface area contributed by atoms with E-state index < -0.39 is 0 Å². The van der Waals surface area contributed by atoms with E-state index in [2.05, 4.69) is 22.1 Å². The maximum atomic E-state index is 12.5. The van der Waals surface area contributed by atoms with Crippen LogP contribution < -0.4 is 14.8 Å². The molecule has 0 saturated carbocycles.